The molecule has 5 heterocycles. The number of likely N-dealkylation sites (tertiary alicyclic amines) is 1. The van der Waals surface area contributed by atoms with Gasteiger partial charge in [-0.15, -0.1) is 0 Å². The lowest BCUT2D eigenvalue weighted by molar-refractivity contribution is -0.120. The normalized spacial score (nSPS) is 26.9. The van der Waals surface area contributed by atoms with Crippen LogP contribution in [-0.4, -0.2) is 51.9 Å². The molecule has 2 atom stereocenters. The molecule has 2 aromatic rings. The summed E-state index contributed by atoms with van der Waals surface area (Å²) < 4.78 is 2.05. The van der Waals surface area contributed by atoms with Crippen molar-refractivity contribution in [2.75, 3.05) is 19.6 Å². The highest BCUT2D eigenvalue weighted by atomic mass is 16.2. The van der Waals surface area contributed by atoms with E-state index in [0.29, 0.717) is 0 Å². The number of hydrogen-bond acceptors (Lipinski definition) is 6. The summed E-state index contributed by atoms with van der Waals surface area (Å²) in [6.07, 6.45) is 9.79. The van der Waals surface area contributed by atoms with E-state index in [1.165, 1.54) is 25.9 Å². The smallest absolute Gasteiger partial charge is 0.250 e. The van der Waals surface area contributed by atoms with Crippen LogP contribution >= 0.6 is 0 Å². The van der Waals surface area contributed by atoms with E-state index in [4.69, 9.17) is 0 Å². The van der Waals surface area contributed by atoms with Crippen LogP contribution in [0.2, 0.25) is 0 Å². The van der Waals surface area contributed by atoms with Gasteiger partial charge in [0.2, 0.25) is 0 Å². The quantitative estimate of drug-likeness (QED) is 0.644. The van der Waals surface area contributed by atoms with Crippen LogP contribution in [0.15, 0.2) is 69.9 Å². The summed E-state index contributed by atoms with van der Waals surface area (Å²) in [6, 6.07) is 8.59. The Kier molecular flexibility index (Phi) is 5.59. The molecule has 188 valence electrons. The van der Waals surface area contributed by atoms with Gasteiger partial charge in [-0.25, -0.2) is 0 Å². The van der Waals surface area contributed by atoms with Crippen LogP contribution in [0.3, 0.4) is 0 Å². The van der Waals surface area contributed by atoms with Gasteiger partial charge in [0.05, 0.1) is 29.9 Å². The fourth-order valence-corrected chi connectivity index (χ4v) is 6.46. The molecule has 4 aliphatic heterocycles. The van der Waals surface area contributed by atoms with Crippen molar-refractivity contribution >= 4 is 5.91 Å². The van der Waals surface area contributed by atoms with Crippen LogP contribution in [0.5, 0.6) is 0 Å². The fraction of sp³-hybridized carbons (Fsp3) is 0.500. The van der Waals surface area contributed by atoms with Gasteiger partial charge in [0.1, 0.15) is 0 Å². The zero-order valence-electron chi connectivity index (χ0n) is 21.4. The second kappa shape index (κ2) is 8.69. The first-order valence-electron chi connectivity index (χ1n) is 13.2. The predicted octanol–water partition coefficient (Wildman–Crippen LogP) is 4.13. The molecule has 8 heteroatoms. The van der Waals surface area contributed by atoms with Crippen molar-refractivity contribution in [1.82, 2.24) is 25.3 Å². The van der Waals surface area contributed by atoms with Crippen LogP contribution in [0.1, 0.15) is 52.0 Å². The molecule has 4 aliphatic rings. The molecule has 0 radical (unpaired) electrons. The van der Waals surface area contributed by atoms with Gasteiger partial charge in [0.25, 0.3) is 5.91 Å². The van der Waals surface area contributed by atoms with Gasteiger partial charge in [-0.1, -0.05) is 25.1 Å². The summed E-state index contributed by atoms with van der Waals surface area (Å²) in [7, 11) is 0. The van der Waals surface area contributed by atoms with E-state index in [1.807, 2.05) is 17.1 Å². The molecule has 0 aliphatic carbocycles. The SMILES string of the molecule is CC[C@]1(c2cccc(-c3cnn(CCN4CCCC4)c3)c2)C2=CN=NC2NC2=C1C(=O)NC(C)(C)C2. The Morgan fingerprint density at radius 2 is 1.97 bits per heavy atom. The van der Waals surface area contributed by atoms with Crippen molar-refractivity contribution < 1.29 is 4.79 Å². The van der Waals surface area contributed by atoms with Crippen LogP contribution in [0.4, 0.5) is 0 Å². The van der Waals surface area contributed by atoms with Gasteiger partial charge in [-0.05, 0) is 63.4 Å². The lowest BCUT2D eigenvalue weighted by atomic mass is 9.62. The highest BCUT2D eigenvalue weighted by Crippen LogP contribution is 2.51. The Bertz CT molecular complexity index is 1280. The number of carbonyl (C=O) groups is 1. The summed E-state index contributed by atoms with van der Waals surface area (Å²) in [5.74, 6) is -0.0121. The number of aromatic nitrogens is 2. The van der Waals surface area contributed by atoms with Crippen molar-refractivity contribution in [2.24, 2.45) is 10.2 Å². The Morgan fingerprint density at radius 1 is 1.14 bits per heavy atom. The van der Waals surface area contributed by atoms with Gasteiger partial charge >= 0.3 is 0 Å². The summed E-state index contributed by atoms with van der Waals surface area (Å²) >= 11 is 0. The van der Waals surface area contributed by atoms with Crippen molar-refractivity contribution in [2.45, 2.75) is 70.1 Å². The number of nitrogens with one attached hydrogen (secondary N) is 2. The first kappa shape index (κ1) is 23.2. The second-order valence-corrected chi connectivity index (χ2v) is 11.1. The molecule has 0 saturated carbocycles. The third kappa shape index (κ3) is 3.79. The lowest BCUT2D eigenvalue weighted by Gasteiger charge is -2.48. The third-order valence-electron chi connectivity index (χ3n) is 8.20. The highest BCUT2D eigenvalue weighted by molar-refractivity contribution is 6.00. The number of rotatable bonds is 6. The molecule has 1 aromatic carbocycles. The molecular weight excluding hydrogens is 450 g/mol. The van der Waals surface area contributed by atoms with E-state index in [-0.39, 0.29) is 17.6 Å². The maximum absolute atomic E-state index is 13.6. The molecule has 0 spiro atoms. The van der Waals surface area contributed by atoms with Gasteiger partial charge in [0.15, 0.2) is 6.17 Å². The van der Waals surface area contributed by atoms with Gasteiger partial charge in [0, 0.05) is 41.5 Å². The first-order valence-corrected chi connectivity index (χ1v) is 13.2. The van der Waals surface area contributed by atoms with E-state index in [9.17, 15) is 4.79 Å². The minimum atomic E-state index is -0.586. The molecule has 1 unspecified atom stereocenters. The standard InChI is InChI=1S/C28H35N7O/c1-4-28(22-17-29-33-25(22)31-23-15-27(2,3)32-26(36)24(23)28)21-9-7-8-19(14-21)20-16-30-35(18-20)13-12-34-10-5-6-11-34/h7-9,14,16-18,25,31H,4-6,10-13,15H2,1-3H3,(H,32,36)/t25?,28-/m0/s1. The summed E-state index contributed by atoms with van der Waals surface area (Å²) in [5.41, 5.74) is 5.22. The second-order valence-electron chi connectivity index (χ2n) is 11.1. The van der Waals surface area contributed by atoms with Crippen LogP contribution < -0.4 is 10.6 Å². The van der Waals surface area contributed by atoms with Crippen LogP contribution in [0.25, 0.3) is 11.1 Å². The predicted molar refractivity (Wildman–Crippen MR) is 139 cm³/mol. The number of carbonyl (C=O) groups excluding carboxylic acids is 1. The zero-order chi connectivity index (χ0) is 24.9. The third-order valence-corrected chi connectivity index (χ3v) is 8.20. The molecule has 1 amide bonds. The number of azo groups is 1. The number of amides is 1. The molecule has 36 heavy (non-hydrogen) atoms. The van der Waals surface area contributed by atoms with E-state index >= 15 is 0 Å². The molecule has 1 fully saturated rings. The maximum Gasteiger partial charge on any atom is 0.250 e. The average molecular weight is 486 g/mol. The molecule has 1 saturated heterocycles. The van der Waals surface area contributed by atoms with E-state index < -0.39 is 5.41 Å². The molecule has 2 N–H and O–H groups in total. The minimum absolute atomic E-state index is 0.0121. The highest BCUT2D eigenvalue weighted by Gasteiger charge is 2.53. The molecule has 6 rings (SSSR count). The molecule has 1 aromatic heterocycles. The van der Waals surface area contributed by atoms with E-state index in [0.717, 1.165) is 59.5 Å². The minimum Gasteiger partial charge on any atom is -0.362 e. The Balaban J connectivity index is 1.38. The first-order chi connectivity index (χ1) is 17.4. The van der Waals surface area contributed by atoms with Gasteiger partial charge < -0.3 is 15.5 Å². The Morgan fingerprint density at radius 3 is 2.78 bits per heavy atom. The Labute approximate surface area is 212 Å². The van der Waals surface area contributed by atoms with E-state index in [2.05, 4.69) is 82.1 Å². The van der Waals surface area contributed by atoms with Crippen molar-refractivity contribution in [3.8, 4) is 11.1 Å². The monoisotopic (exact) mass is 485 g/mol. The molecule has 0 bridgehead atoms. The zero-order valence-corrected chi connectivity index (χ0v) is 21.4. The van der Waals surface area contributed by atoms with Gasteiger partial charge in [-0.2, -0.15) is 15.3 Å². The summed E-state index contributed by atoms with van der Waals surface area (Å²) in [4.78, 5) is 16.1. The van der Waals surface area contributed by atoms with Crippen molar-refractivity contribution in [3.63, 3.8) is 0 Å². The molecule has 8 nitrogen and oxygen atoms in total. The number of nitrogens with zero attached hydrogens (tertiary/aromatic N) is 5. The Hall–Kier alpha value is -3.26. The lowest BCUT2D eigenvalue weighted by Crippen LogP contribution is -2.58. The molecular formula is C28H35N7O. The fourth-order valence-electron chi connectivity index (χ4n) is 6.46. The number of benzene rings is 1. The maximum atomic E-state index is 13.6. The van der Waals surface area contributed by atoms with Gasteiger partial charge in [-0.3, -0.25) is 9.48 Å². The van der Waals surface area contributed by atoms with Crippen LogP contribution in [-0.2, 0) is 16.8 Å². The topological polar surface area (TPSA) is 86.9 Å². The van der Waals surface area contributed by atoms with E-state index in [1.54, 1.807) is 0 Å². The number of hydrogen-bond donors (Lipinski definition) is 2. The number of fused-ring (bicyclic) bond motifs is 1. The van der Waals surface area contributed by atoms with Crippen molar-refractivity contribution in [1.29, 1.82) is 0 Å². The summed E-state index contributed by atoms with van der Waals surface area (Å²) in [5, 5.41) is 20.1. The van der Waals surface area contributed by atoms with Crippen molar-refractivity contribution in [3.05, 3.63) is 65.3 Å². The summed E-state index contributed by atoms with van der Waals surface area (Å²) in [6.45, 7) is 10.6. The average Bonchev–Trinajstić information content (AvgIpc) is 3.62. The largest absolute Gasteiger partial charge is 0.362 e. The van der Waals surface area contributed by atoms with Crippen LogP contribution in [0, 0.1) is 0 Å².